The molecule has 28 nitrogen and oxygen atoms in total. The van der Waals surface area contributed by atoms with E-state index >= 15 is 0 Å². The lowest BCUT2D eigenvalue weighted by Crippen LogP contribution is -2.25. The Morgan fingerprint density at radius 3 is 1.70 bits per heavy atom. The third kappa shape index (κ3) is 16.2. The van der Waals surface area contributed by atoms with Gasteiger partial charge in [-0.3, -0.25) is 33.9 Å². The summed E-state index contributed by atoms with van der Waals surface area (Å²) in [6.07, 6.45) is 19.4. The van der Waals surface area contributed by atoms with Gasteiger partial charge in [-0.2, -0.15) is 0 Å². The summed E-state index contributed by atoms with van der Waals surface area (Å²) in [6, 6.07) is 29.2. The van der Waals surface area contributed by atoms with Gasteiger partial charge < -0.3 is 60.6 Å². The average molecular weight is 1440 g/mol. The first-order chi connectivity index (χ1) is 48.7. The quantitative estimate of drug-likeness (QED) is 0.0584. The first kappa shape index (κ1) is 73.2. The number of hydrogen-bond acceptors (Lipinski definition) is 20. The molecule has 0 radical (unpaired) electrons. The number of ether oxygens (including phenoxy) is 3. The van der Waals surface area contributed by atoms with Crippen LogP contribution in [0.25, 0.3) is 49.7 Å². The molecule has 4 aromatic carbocycles. The molecule has 11 heterocycles. The van der Waals surface area contributed by atoms with Crippen LogP contribution in [0.1, 0.15) is 54.4 Å². The van der Waals surface area contributed by atoms with Crippen molar-refractivity contribution < 1.29 is 78.8 Å². The maximum atomic E-state index is 13.9. The normalized spacial score (nSPS) is 16.6. The molecule has 2 amide bonds. The highest BCUT2D eigenvalue weighted by Gasteiger charge is 2.31. The minimum absolute atomic E-state index is 0.0824. The zero-order chi connectivity index (χ0) is 72.0. The van der Waals surface area contributed by atoms with Gasteiger partial charge >= 0.3 is 0 Å². The van der Waals surface area contributed by atoms with Crippen LogP contribution in [0.4, 0.5) is 17.1 Å². The molecule has 15 rings (SSSR count). The number of anilines is 3. The van der Waals surface area contributed by atoms with Crippen molar-refractivity contribution in [3.05, 3.63) is 175 Å². The number of hydrogen-bond donors (Lipinski definition) is 7. The van der Waals surface area contributed by atoms with Gasteiger partial charge in [0.2, 0.25) is 5.91 Å². The number of fused-ring (bicyclic) bond motifs is 5. The van der Waals surface area contributed by atoms with Crippen molar-refractivity contribution in [1.82, 2.24) is 37.4 Å². The van der Waals surface area contributed by atoms with E-state index in [-0.39, 0.29) is 58.6 Å². The zero-order valence-electron chi connectivity index (χ0n) is 55.3. The number of likely N-dealkylation sites (N-methyl/N-ethyl adjacent to an activating group) is 1. The summed E-state index contributed by atoms with van der Waals surface area (Å²) >= 11 is 0. The lowest BCUT2D eigenvalue weighted by Gasteiger charge is -2.21. The number of carbonyl (C=O) groups is 5. The van der Waals surface area contributed by atoms with Crippen molar-refractivity contribution in [2.75, 3.05) is 95.8 Å². The summed E-state index contributed by atoms with van der Waals surface area (Å²) in [5.74, 6) is 0.681. The van der Waals surface area contributed by atoms with E-state index in [4.69, 9.17) is 43.9 Å². The lowest BCUT2D eigenvalue weighted by atomic mass is 9.99. The minimum atomic E-state index is -3.89. The number of rotatable bonds is 12. The van der Waals surface area contributed by atoms with Gasteiger partial charge in [0.25, 0.3) is 55.4 Å². The van der Waals surface area contributed by atoms with Gasteiger partial charge in [-0.25, -0.2) is 37.2 Å². The Morgan fingerprint density at radius 2 is 1.14 bits per heavy atom. The Bertz CT molecular complexity index is 5030. The standard InChI is InChI=1S/C26H31N3O4S.C21H20N4O3S.C20H18N4O4S.3CH2O2/c1-27-12-9-19(10-13-27)25-18-29(26-8-7-21(32-2)16-24(25)26)34(30,31)23-6-4-5-20(15-23)28-14-11-22(17-28)33-3;26-20-6-4-15-3-5-16(12-18(15)24-20)29(27,28)25-13-17(14-7-10-22-11-8-14)21-19(25)2-1-9-23-21;25-19-12-28-18-10-14(3-4-16(18)23-19)29(26,27)24-11-15(13-5-8-21-9-6-13)20-17(24)2-1-7-22-20;3*2-1-3/h4-9,15-16,18,22H,10-14,17H2,1-3H3;1-3,5,7,9,12-13,22H,4,6,8,10-11H2,(H,24,26);1-5,7,10-11,21H,6,8-9,12H2,(H,23,25);3*1H,(H,2,3). The van der Waals surface area contributed by atoms with Gasteiger partial charge in [-0.1, -0.05) is 30.4 Å². The maximum absolute atomic E-state index is 13.9. The maximum Gasteiger partial charge on any atom is 0.290 e. The van der Waals surface area contributed by atoms with Crippen LogP contribution in [0.3, 0.4) is 0 Å². The fourth-order valence-electron chi connectivity index (χ4n) is 12.5. The van der Waals surface area contributed by atoms with Gasteiger partial charge in [-0.05, 0) is 159 Å². The van der Waals surface area contributed by atoms with E-state index in [9.17, 15) is 34.8 Å². The fourth-order valence-corrected chi connectivity index (χ4v) is 16.7. The molecular formula is C70H75N11O17S3. The van der Waals surface area contributed by atoms with Crippen LogP contribution in [0.5, 0.6) is 11.5 Å². The molecule has 9 aromatic rings. The second-order valence-corrected chi connectivity index (χ2v) is 29.0. The van der Waals surface area contributed by atoms with Crippen molar-refractivity contribution in [2.24, 2.45) is 0 Å². The van der Waals surface area contributed by atoms with Crippen molar-refractivity contribution in [3.63, 3.8) is 0 Å². The highest BCUT2D eigenvalue weighted by Crippen LogP contribution is 2.39. The predicted octanol–water partition coefficient (Wildman–Crippen LogP) is 7.45. The summed E-state index contributed by atoms with van der Waals surface area (Å²) in [5, 5.41) is 33.5. The molecule has 1 unspecified atom stereocenters. The number of carboxylic acid groups (broad SMARTS) is 3. The molecule has 530 valence electrons. The smallest absolute Gasteiger partial charge is 0.290 e. The van der Waals surface area contributed by atoms with Crippen LogP contribution in [-0.4, -0.2) is 185 Å². The van der Waals surface area contributed by atoms with Crippen LogP contribution in [0.15, 0.2) is 167 Å². The molecule has 31 heteroatoms. The zero-order valence-corrected chi connectivity index (χ0v) is 57.7. The van der Waals surface area contributed by atoms with Crippen LogP contribution in [-0.2, 0) is 65.2 Å². The minimum Gasteiger partial charge on any atom is -0.497 e. The van der Waals surface area contributed by atoms with Crippen LogP contribution in [0, 0.1) is 0 Å². The molecule has 1 atom stereocenters. The molecule has 5 aromatic heterocycles. The average Bonchev–Trinajstić information content (AvgIpc) is 1.77. The SMILES string of the molecule is COc1ccc2c(c1)c(C1=CCN(C)CC1)cn2S(=O)(=O)c1cccc(N2CCC(OC)C2)c1.O=C1CCc2ccc(S(=O)(=O)n3cc(C4=CCNCC4)c4ncccc43)cc2N1.O=C1COc2cc(S(=O)(=O)n3cc(C4=CCNCC4)c4ncccc43)ccc2N1.O=CO.O=CO.O=CO. The summed E-state index contributed by atoms with van der Waals surface area (Å²) in [5.41, 5.74) is 11.9. The first-order valence-corrected chi connectivity index (χ1v) is 36.2. The number of methoxy groups -OCH3 is 2. The van der Waals surface area contributed by atoms with Gasteiger partial charge in [0.15, 0.2) is 6.61 Å². The molecular weight excluding hydrogens is 1360 g/mol. The van der Waals surface area contributed by atoms with E-state index in [0.717, 1.165) is 123 Å². The van der Waals surface area contributed by atoms with E-state index in [2.05, 4.69) is 66.3 Å². The number of aryl methyl sites for hydroxylation is 1. The Balaban J connectivity index is 0.000000155. The molecule has 7 N–H and O–H groups in total. The van der Waals surface area contributed by atoms with Crippen molar-refractivity contribution >= 4 is 128 Å². The van der Waals surface area contributed by atoms with Crippen LogP contribution < -0.4 is 35.6 Å². The van der Waals surface area contributed by atoms with Gasteiger partial charge in [0.05, 0.1) is 61.2 Å². The van der Waals surface area contributed by atoms with Crippen LogP contribution in [0.2, 0.25) is 0 Å². The summed E-state index contributed by atoms with van der Waals surface area (Å²) in [7, 11) is -6.11. The number of benzene rings is 4. The lowest BCUT2D eigenvalue weighted by molar-refractivity contribution is -0.123. The van der Waals surface area contributed by atoms with Gasteiger partial charge in [0, 0.05) is 123 Å². The molecule has 1 fully saturated rings. The van der Waals surface area contributed by atoms with Crippen molar-refractivity contribution in [2.45, 2.75) is 59.3 Å². The number of nitrogens with one attached hydrogen (secondary N) is 4. The second kappa shape index (κ2) is 32.6. The highest BCUT2D eigenvalue weighted by molar-refractivity contribution is 7.90. The van der Waals surface area contributed by atoms with Crippen LogP contribution >= 0.6 is 0 Å². The number of nitrogens with zero attached hydrogens (tertiary/aromatic N) is 7. The predicted molar refractivity (Wildman–Crippen MR) is 381 cm³/mol. The van der Waals surface area contributed by atoms with E-state index in [1.54, 1.807) is 106 Å². The Labute approximate surface area is 582 Å². The Morgan fingerprint density at radius 1 is 0.574 bits per heavy atom. The molecule has 0 saturated carbocycles. The molecule has 1 saturated heterocycles. The molecule has 6 aliphatic heterocycles. The summed E-state index contributed by atoms with van der Waals surface area (Å²) in [6.45, 7) is 5.70. The summed E-state index contributed by atoms with van der Waals surface area (Å²) < 4.78 is 102. The highest BCUT2D eigenvalue weighted by atomic mass is 32.2. The van der Waals surface area contributed by atoms with E-state index in [0.29, 0.717) is 63.3 Å². The van der Waals surface area contributed by atoms with Crippen molar-refractivity contribution in [1.29, 1.82) is 0 Å². The Hall–Kier alpha value is -10.5. The molecule has 0 spiro atoms. The monoisotopic (exact) mass is 1440 g/mol. The third-order valence-electron chi connectivity index (χ3n) is 17.5. The number of carbonyl (C=O) groups excluding carboxylic acids is 2. The summed E-state index contributed by atoms with van der Waals surface area (Å²) in [4.78, 5) is 62.1. The van der Waals surface area contributed by atoms with E-state index in [1.165, 1.54) is 29.6 Å². The number of aromatic nitrogens is 5. The molecule has 0 bridgehead atoms. The van der Waals surface area contributed by atoms with E-state index in [1.807, 2.05) is 30.3 Å². The number of amides is 2. The molecule has 0 aliphatic carbocycles. The van der Waals surface area contributed by atoms with Gasteiger partial charge in [0.1, 0.15) is 11.5 Å². The van der Waals surface area contributed by atoms with Gasteiger partial charge in [-0.15, -0.1) is 0 Å². The Kier molecular flexibility index (Phi) is 23.6. The first-order valence-electron chi connectivity index (χ1n) is 31.9. The third-order valence-corrected chi connectivity index (χ3v) is 22.5. The van der Waals surface area contributed by atoms with E-state index < -0.39 is 30.1 Å². The molecule has 6 aliphatic rings. The second-order valence-electron chi connectivity index (χ2n) is 23.5. The fraction of sp³-hybridized carbons (Fsp3) is 0.271. The number of pyridine rings is 2. The topological polar surface area (TPSA) is 371 Å². The molecule has 101 heavy (non-hydrogen) atoms. The van der Waals surface area contributed by atoms with Crippen molar-refractivity contribution in [3.8, 4) is 11.5 Å². The largest absolute Gasteiger partial charge is 0.497 e.